The van der Waals surface area contributed by atoms with Gasteiger partial charge in [-0.3, -0.25) is 11.3 Å². The number of hydrogen-bond donors (Lipinski definition) is 2. The Morgan fingerprint density at radius 1 is 1.25 bits per heavy atom. The molecule has 3 rings (SSSR count). The molecule has 3 N–H and O–H groups in total. The summed E-state index contributed by atoms with van der Waals surface area (Å²) < 4.78 is 0. The molecule has 0 saturated heterocycles. The highest BCUT2D eigenvalue weighted by Gasteiger charge is 2.44. The van der Waals surface area contributed by atoms with Gasteiger partial charge in [0, 0.05) is 6.04 Å². The van der Waals surface area contributed by atoms with E-state index in [1.165, 1.54) is 31.2 Å². The predicted octanol–water partition coefficient (Wildman–Crippen LogP) is 2.42. The second-order valence-electron chi connectivity index (χ2n) is 5.37. The van der Waals surface area contributed by atoms with Crippen LogP contribution in [0.3, 0.4) is 0 Å². The van der Waals surface area contributed by atoms with Crippen molar-refractivity contribution in [2.75, 3.05) is 0 Å². The number of rotatable bonds is 5. The minimum Gasteiger partial charge on any atom is -0.271 e. The van der Waals surface area contributed by atoms with Crippen molar-refractivity contribution in [1.82, 2.24) is 5.43 Å². The fourth-order valence-corrected chi connectivity index (χ4v) is 2.82. The van der Waals surface area contributed by atoms with Gasteiger partial charge in [-0.1, -0.05) is 43.2 Å². The lowest BCUT2D eigenvalue weighted by atomic mass is 10.0. The number of nitrogens with two attached hydrogens (primary N) is 1. The second-order valence-corrected chi connectivity index (χ2v) is 5.37. The van der Waals surface area contributed by atoms with Crippen molar-refractivity contribution in [3.05, 3.63) is 35.9 Å². The second kappa shape index (κ2) is 4.19. The van der Waals surface area contributed by atoms with Crippen LogP contribution in [-0.4, -0.2) is 6.04 Å². The van der Waals surface area contributed by atoms with Gasteiger partial charge >= 0.3 is 0 Å². The zero-order valence-corrected chi connectivity index (χ0v) is 9.60. The Labute approximate surface area is 97.2 Å². The Morgan fingerprint density at radius 3 is 2.62 bits per heavy atom. The molecule has 0 bridgehead atoms. The first-order valence-electron chi connectivity index (χ1n) is 6.39. The molecule has 86 valence electrons. The zero-order valence-electron chi connectivity index (χ0n) is 9.60. The van der Waals surface area contributed by atoms with Gasteiger partial charge in [0.05, 0.1) is 0 Å². The van der Waals surface area contributed by atoms with Crippen LogP contribution in [0.25, 0.3) is 0 Å². The Morgan fingerprint density at radius 2 is 2.00 bits per heavy atom. The lowest BCUT2D eigenvalue weighted by Gasteiger charge is -2.15. The highest BCUT2D eigenvalue weighted by Crippen LogP contribution is 2.51. The topological polar surface area (TPSA) is 38.0 Å². The molecule has 1 aromatic rings. The van der Waals surface area contributed by atoms with Gasteiger partial charge in [-0.15, -0.1) is 0 Å². The van der Waals surface area contributed by atoms with Gasteiger partial charge in [0.1, 0.15) is 0 Å². The van der Waals surface area contributed by atoms with Crippen molar-refractivity contribution < 1.29 is 0 Å². The minimum atomic E-state index is 0.540. The van der Waals surface area contributed by atoms with Gasteiger partial charge in [0.15, 0.2) is 0 Å². The Kier molecular flexibility index (Phi) is 2.70. The van der Waals surface area contributed by atoms with Crippen LogP contribution in [-0.2, 0) is 0 Å². The lowest BCUT2D eigenvalue weighted by molar-refractivity contribution is 0.418. The molecule has 2 fully saturated rings. The predicted molar refractivity (Wildman–Crippen MR) is 65.7 cm³/mol. The SMILES string of the molecule is NNC(CC1CC1)C1CC1c1ccccc1. The summed E-state index contributed by atoms with van der Waals surface area (Å²) in [6.45, 7) is 0. The molecular weight excluding hydrogens is 196 g/mol. The van der Waals surface area contributed by atoms with E-state index in [0.717, 1.165) is 17.8 Å². The highest BCUT2D eigenvalue weighted by atomic mass is 15.2. The summed E-state index contributed by atoms with van der Waals surface area (Å²) >= 11 is 0. The molecule has 2 aliphatic carbocycles. The summed E-state index contributed by atoms with van der Waals surface area (Å²) in [5, 5.41) is 0. The van der Waals surface area contributed by atoms with Crippen LogP contribution in [0.15, 0.2) is 30.3 Å². The first-order valence-corrected chi connectivity index (χ1v) is 6.39. The van der Waals surface area contributed by atoms with E-state index in [1.807, 2.05) is 0 Å². The van der Waals surface area contributed by atoms with E-state index in [1.54, 1.807) is 0 Å². The molecule has 0 amide bonds. The minimum absolute atomic E-state index is 0.540. The summed E-state index contributed by atoms with van der Waals surface area (Å²) in [7, 11) is 0. The average molecular weight is 216 g/mol. The van der Waals surface area contributed by atoms with Gasteiger partial charge in [0.25, 0.3) is 0 Å². The monoisotopic (exact) mass is 216 g/mol. The van der Waals surface area contributed by atoms with E-state index in [2.05, 4.69) is 35.8 Å². The van der Waals surface area contributed by atoms with Crippen LogP contribution >= 0.6 is 0 Å². The molecule has 0 spiro atoms. The fraction of sp³-hybridized carbons (Fsp3) is 0.571. The standard InChI is InChI=1S/C14H20N2/c15-16-14(8-10-6-7-10)13-9-12(13)11-4-2-1-3-5-11/h1-5,10,12-14,16H,6-9,15H2. The maximum atomic E-state index is 5.68. The van der Waals surface area contributed by atoms with E-state index < -0.39 is 0 Å². The van der Waals surface area contributed by atoms with Gasteiger partial charge in [0.2, 0.25) is 0 Å². The van der Waals surface area contributed by atoms with Gasteiger partial charge < -0.3 is 0 Å². The molecule has 2 heteroatoms. The van der Waals surface area contributed by atoms with E-state index >= 15 is 0 Å². The van der Waals surface area contributed by atoms with Crippen molar-refractivity contribution in [2.24, 2.45) is 17.7 Å². The van der Waals surface area contributed by atoms with Crippen LogP contribution < -0.4 is 11.3 Å². The Balaban J connectivity index is 1.61. The Bertz CT molecular complexity index is 345. The largest absolute Gasteiger partial charge is 0.271 e. The van der Waals surface area contributed by atoms with Gasteiger partial charge in [-0.25, -0.2) is 0 Å². The van der Waals surface area contributed by atoms with Crippen molar-refractivity contribution in [2.45, 2.75) is 37.6 Å². The van der Waals surface area contributed by atoms with Crippen molar-refractivity contribution in [1.29, 1.82) is 0 Å². The quantitative estimate of drug-likeness (QED) is 0.586. The third-order valence-corrected chi connectivity index (χ3v) is 4.08. The average Bonchev–Trinajstić information content (AvgIpc) is 3.20. The first-order chi connectivity index (χ1) is 7.88. The van der Waals surface area contributed by atoms with Crippen molar-refractivity contribution in [3.8, 4) is 0 Å². The van der Waals surface area contributed by atoms with E-state index in [0.29, 0.717) is 6.04 Å². The molecule has 3 unspecified atom stereocenters. The molecule has 2 saturated carbocycles. The molecule has 0 radical (unpaired) electrons. The summed E-state index contributed by atoms with van der Waals surface area (Å²) in [4.78, 5) is 0. The van der Waals surface area contributed by atoms with Crippen molar-refractivity contribution >= 4 is 0 Å². The first kappa shape index (κ1) is 10.3. The van der Waals surface area contributed by atoms with E-state index in [4.69, 9.17) is 5.84 Å². The maximum Gasteiger partial charge on any atom is 0.0247 e. The third kappa shape index (κ3) is 2.13. The van der Waals surface area contributed by atoms with Crippen LogP contribution in [0, 0.1) is 11.8 Å². The molecule has 1 aromatic carbocycles. The molecule has 3 atom stereocenters. The van der Waals surface area contributed by atoms with E-state index in [9.17, 15) is 0 Å². The normalized spacial score (nSPS) is 30.1. The molecule has 16 heavy (non-hydrogen) atoms. The smallest absolute Gasteiger partial charge is 0.0247 e. The summed E-state index contributed by atoms with van der Waals surface area (Å²) in [5.74, 6) is 8.16. The molecular formula is C14H20N2. The summed E-state index contributed by atoms with van der Waals surface area (Å²) in [6.07, 6.45) is 5.43. The van der Waals surface area contributed by atoms with Crippen LogP contribution in [0.1, 0.15) is 37.2 Å². The van der Waals surface area contributed by atoms with Crippen LogP contribution in [0.4, 0.5) is 0 Å². The van der Waals surface area contributed by atoms with Crippen LogP contribution in [0.2, 0.25) is 0 Å². The highest BCUT2D eigenvalue weighted by molar-refractivity contribution is 5.26. The number of benzene rings is 1. The number of nitrogens with one attached hydrogen (secondary N) is 1. The molecule has 2 nitrogen and oxygen atoms in total. The molecule has 0 aliphatic heterocycles. The molecule has 0 aromatic heterocycles. The van der Waals surface area contributed by atoms with E-state index in [-0.39, 0.29) is 0 Å². The fourth-order valence-electron chi connectivity index (χ4n) is 2.82. The maximum absolute atomic E-state index is 5.68. The summed E-state index contributed by atoms with van der Waals surface area (Å²) in [5.41, 5.74) is 4.52. The number of hydrazine groups is 1. The van der Waals surface area contributed by atoms with Crippen molar-refractivity contribution in [3.63, 3.8) is 0 Å². The van der Waals surface area contributed by atoms with Crippen LogP contribution in [0.5, 0.6) is 0 Å². The van der Waals surface area contributed by atoms with Gasteiger partial charge in [-0.2, -0.15) is 0 Å². The number of hydrogen-bond acceptors (Lipinski definition) is 2. The molecule has 0 heterocycles. The third-order valence-electron chi connectivity index (χ3n) is 4.08. The zero-order chi connectivity index (χ0) is 11.0. The summed E-state index contributed by atoms with van der Waals surface area (Å²) in [6, 6.07) is 11.4. The molecule has 2 aliphatic rings. The Hall–Kier alpha value is -0.860. The van der Waals surface area contributed by atoms with Gasteiger partial charge in [-0.05, 0) is 36.2 Å². The lowest BCUT2D eigenvalue weighted by Crippen LogP contribution is -2.37.